The van der Waals surface area contributed by atoms with Gasteiger partial charge in [-0.15, -0.1) is 0 Å². The summed E-state index contributed by atoms with van der Waals surface area (Å²) in [6, 6.07) is 2.33. The zero-order chi connectivity index (χ0) is 18.7. The molecule has 0 amide bonds. The summed E-state index contributed by atoms with van der Waals surface area (Å²) in [6.07, 6.45) is 6.82. The Kier molecular flexibility index (Phi) is 5.15. The van der Waals surface area contributed by atoms with E-state index in [1.54, 1.807) is 4.57 Å². The highest BCUT2D eigenvalue weighted by Crippen LogP contribution is 2.32. The lowest BCUT2D eigenvalue weighted by Gasteiger charge is -2.31. The third-order valence-electron chi connectivity index (χ3n) is 4.34. The quantitative estimate of drug-likeness (QED) is 0.806. The molecule has 8 nitrogen and oxygen atoms in total. The van der Waals surface area contributed by atoms with Crippen LogP contribution in [0.5, 0.6) is 0 Å². The molecule has 0 unspecified atom stereocenters. The lowest BCUT2D eigenvalue weighted by Crippen LogP contribution is -2.33. The fraction of sp³-hybridized carbons (Fsp3) is 0.353. The number of carbonyl (C=O) groups is 1. The number of carboxylic acid groups (broad SMARTS) is 1. The second kappa shape index (κ2) is 7.35. The van der Waals surface area contributed by atoms with Gasteiger partial charge in [-0.25, -0.2) is 14.8 Å². The zero-order valence-electron chi connectivity index (χ0n) is 13.7. The molecule has 2 aromatic rings. The number of aromatic nitrogens is 3. The molecule has 3 rings (SSSR count). The van der Waals surface area contributed by atoms with E-state index in [1.807, 2.05) is 0 Å². The lowest BCUT2D eigenvalue weighted by atomic mass is 9.81. The van der Waals surface area contributed by atoms with Crippen molar-refractivity contribution in [3.63, 3.8) is 0 Å². The van der Waals surface area contributed by atoms with Gasteiger partial charge in [0.25, 0.3) is 0 Å². The highest BCUT2D eigenvalue weighted by atomic mass is 79.9. The minimum absolute atomic E-state index is 0.0811. The monoisotopic (exact) mass is 418 g/mol. The van der Waals surface area contributed by atoms with E-state index in [-0.39, 0.29) is 23.5 Å². The van der Waals surface area contributed by atoms with Crippen molar-refractivity contribution in [2.75, 3.05) is 13.2 Å². The molecule has 0 bridgehead atoms. The molecule has 9 heteroatoms. The first-order chi connectivity index (χ1) is 12.4. The van der Waals surface area contributed by atoms with Crippen molar-refractivity contribution in [3.8, 4) is 17.5 Å². The minimum atomic E-state index is -1.33. The van der Waals surface area contributed by atoms with Crippen LogP contribution >= 0.6 is 15.9 Å². The first-order valence-electron chi connectivity index (χ1n) is 7.88. The number of hydrogen-bond acceptors (Lipinski definition) is 6. The Bertz CT molecular complexity index is 927. The minimum Gasteiger partial charge on any atom is -0.477 e. The van der Waals surface area contributed by atoms with Crippen LogP contribution < -0.4 is 5.43 Å². The van der Waals surface area contributed by atoms with Crippen molar-refractivity contribution >= 4 is 21.9 Å². The summed E-state index contributed by atoms with van der Waals surface area (Å²) >= 11 is 3.22. The number of nitrogens with zero attached hydrogens (tertiary/aromatic N) is 4. The molecule has 0 aromatic carbocycles. The van der Waals surface area contributed by atoms with Crippen molar-refractivity contribution in [1.82, 2.24) is 14.5 Å². The maximum absolute atomic E-state index is 12.5. The van der Waals surface area contributed by atoms with Crippen LogP contribution in [-0.4, -0.2) is 38.8 Å². The van der Waals surface area contributed by atoms with Crippen molar-refractivity contribution in [2.45, 2.75) is 19.4 Å². The second-order valence-corrected chi connectivity index (χ2v) is 7.04. The number of carboxylic acids is 1. The lowest BCUT2D eigenvalue weighted by molar-refractivity contribution is 0.0331. The van der Waals surface area contributed by atoms with Gasteiger partial charge in [-0.1, -0.05) is 0 Å². The molecule has 1 aliphatic rings. The molecule has 0 saturated carbocycles. The Balaban J connectivity index is 2.08. The van der Waals surface area contributed by atoms with E-state index in [9.17, 15) is 20.0 Å². The van der Waals surface area contributed by atoms with Crippen LogP contribution in [0.1, 0.15) is 23.2 Å². The van der Waals surface area contributed by atoms with E-state index >= 15 is 0 Å². The number of rotatable bonds is 4. The molecule has 0 aliphatic carbocycles. The van der Waals surface area contributed by atoms with Gasteiger partial charge in [-0.2, -0.15) is 5.26 Å². The fourth-order valence-electron chi connectivity index (χ4n) is 2.90. The molecule has 2 aromatic heterocycles. The molecule has 134 valence electrons. The van der Waals surface area contributed by atoms with Crippen LogP contribution in [0.4, 0.5) is 0 Å². The summed E-state index contributed by atoms with van der Waals surface area (Å²) < 4.78 is 7.53. The number of aromatic carboxylic acids is 1. The van der Waals surface area contributed by atoms with Crippen molar-refractivity contribution in [1.29, 1.82) is 5.26 Å². The van der Waals surface area contributed by atoms with Crippen LogP contribution in [0.25, 0.3) is 11.4 Å². The average Bonchev–Trinajstić information content (AvgIpc) is 2.64. The van der Waals surface area contributed by atoms with E-state index in [2.05, 4.69) is 32.0 Å². The molecule has 0 atom stereocenters. The summed E-state index contributed by atoms with van der Waals surface area (Å²) in [7, 11) is 0. The molecular formula is C17H15BrN4O4. The van der Waals surface area contributed by atoms with Gasteiger partial charge in [-0.05, 0) is 28.8 Å². The SMILES string of the molecule is N#CC1(Cn2cc(C(=O)O)c(=O)c(-c3ncc(Br)cn3)c2)CCOCC1. The Morgan fingerprint density at radius 2 is 2.00 bits per heavy atom. The Morgan fingerprint density at radius 1 is 1.35 bits per heavy atom. The van der Waals surface area contributed by atoms with Crippen molar-refractivity contribution < 1.29 is 14.6 Å². The first kappa shape index (κ1) is 18.2. The topological polar surface area (TPSA) is 118 Å². The number of nitriles is 1. The van der Waals surface area contributed by atoms with Crippen LogP contribution in [0.15, 0.2) is 34.1 Å². The third kappa shape index (κ3) is 3.66. The van der Waals surface area contributed by atoms with Crippen molar-refractivity contribution in [3.05, 3.63) is 45.0 Å². The summed E-state index contributed by atoms with van der Waals surface area (Å²) in [4.78, 5) is 32.2. The zero-order valence-corrected chi connectivity index (χ0v) is 15.3. The third-order valence-corrected chi connectivity index (χ3v) is 4.75. The molecule has 1 N–H and O–H groups in total. The summed E-state index contributed by atoms with van der Waals surface area (Å²) in [5.74, 6) is -1.20. The van der Waals surface area contributed by atoms with Crippen LogP contribution in [0.3, 0.4) is 0 Å². The maximum atomic E-state index is 12.5. The van der Waals surface area contributed by atoms with Gasteiger partial charge in [0.1, 0.15) is 5.56 Å². The van der Waals surface area contributed by atoms with Gasteiger partial charge < -0.3 is 14.4 Å². The molecule has 3 heterocycles. The van der Waals surface area contributed by atoms with Gasteiger partial charge in [0.05, 0.1) is 21.5 Å². The summed E-state index contributed by atoms with van der Waals surface area (Å²) in [5, 5.41) is 19.0. The average molecular weight is 419 g/mol. The second-order valence-electron chi connectivity index (χ2n) is 6.12. The van der Waals surface area contributed by atoms with Gasteiger partial charge in [-0.3, -0.25) is 4.79 Å². The standard InChI is InChI=1S/C17H15BrN4O4/c18-11-5-20-15(21-6-11)12-7-22(8-13(14(12)23)16(24)25)10-17(9-19)1-3-26-4-2-17/h5-8H,1-4,10H2,(H,24,25). The normalized spacial score (nSPS) is 16.0. The van der Waals surface area contributed by atoms with Crippen LogP contribution in [0.2, 0.25) is 0 Å². The number of ether oxygens (including phenoxy) is 1. The number of halogens is 1. The molecule has 1 saturated heterocycles. The predicted octanol–water partition coefficient (Wildman–Crippen LogP) is 2.09. The highest BCUT2D eigenvalue weighted by Gasteiger charge is 2.33. The molecule has 1 fully saturated rings. The highest BCUT2D eigenvalue weighted by molar-refractivity contribution is 9.10. The molecule has 1 aliphatic heterocycles. The summed E-state index contributed by atoms with van der Waals surface area (Å²) in [5.41, 5.74) is -1.62. The largest absolute Gasteiger partial charge is 0.477 e. The van der Waals surface area contributed by atoms with Gasteiger partial charge in [0, 0.05) is 44.5 Å². The first-order valence-corrected chi connectivity index (χ1v) is 8.68. The Hall–Kier alpha value is -2.57. The number of pyridine rings is 1. The van der Waals surface area contributed by atoms with E-state index in [1.165, 1.54) is 24.8 Å². The van der Waals surface area contributed by atoms with Gasteiger partial charge in [0.15, 0.2) is 5.82 Å². The maximum Gasteiger partial charge on any atom is 0.341 e. The molecule has 26 heavy (non-hydrogen) atoms. The van der Waals surface area contributed by atoms with Crippen LogP contribution in [-0.2, 0) is 11.3 Å². The van der Waals surface area contributed by atoms with Crippen LogP contribution in [0, 0.1) is 16.7 Å². The predicted molar refractivity (Wildman–Crippen MR) is 94.5 cm³/mol. The molecule has 0 radical (unpaired) electrons. The van der Waals surface area contributed by atoms with E-state index in [0.29, 0.717) is 30.5 Å². The molecule has 0 spiro atoms. The smallest absolute Gasteiger partial charge is 0.341 e. The van der Waals surface area contributed by atoms with Crippen molar-refractivity contribution in [2.24, 2.45) is 5.41 Å². The van der Waals surface area contributed by atoms with Gasteiger partial charge >= 0.3 is 5.97 Å². The van der Waals surface area contributed by atoms with E-state index < -0.39 is 16.8 Å². The van der Waals surface area contributed by atoms with E-state index in [4.69, 9.17) is 4.74 Å². The van der Waals surface area contributed by atoms with Gasteiger partial charge in [0.2, 0.25) is 5.43 Å². The summed E-state index contributed by atoms with van der Waals surface area (Å²) in [6.45, 7) is 1.21. The van der Waals surface area contributed by atoms with E-state index in [0.717, 1.165) is 0 Å². The Morgan fingerprint density at radius 3 is 2.58 bits per heavy atom. The molecular weight excluding hydrogens is 404 g/mol. The Labute approximate surface area is 157 Å². The fourth-order valence-corrected chi connectivity index (χ4v) is 3.11. The number of hydrogen-bond donors (Lipinski definition) is 1.